The van der Waals surface area contributed by atoms with E-state index in [1.54, 1.807) is 22.3 Å². The van der Waals surface area contributed by atoms with Gasteiger partial charge < -0.3 is 24.5 Å². The number of hydrogen-bond acceptors (Lipinski definition) is 6. The summed E-state index contributed by atoms with van der Waals surface area (Å²) in [4.78, 5) is 8.15. The summed E-state index contributed by atoms with van der Waals surface area (Å²) in [5.41, 5.74) is 6.23. The summed E-state index contributed by atoms with van der Waals surface area (Å²) in [6.45, 7) is -4.50. The normalized spacial score (nSPS) is 23.2. The van der Waals surface area contributed by atoms with Crippen LogP contribution in [0, 0.1) is 0 Å². The minimum absolute atomic E-state index is 1.13. The first-order chi connectivity index (χ1) is 25.6. The fourth-order valence-electron chi connectivity index (χ4n) is 8.87. The maximum Gasteiger partial charge on any atom is 0.104 e. The monoisotopic (exact) mass is 818 g/mol. The predicted molar refractivity (Wildman–Crippen MR) is 242 cm³/mol. The Kier molecular flexibility index (Phi) is 9.10. The molecule has 2 aliphatic carbocycles. The zero-order valence-corrected chi connectivity index (χ0v) is 35.2. The summed E-state index contributed by atoms with van der Waals surface area (Å²) >= 11 is 21.8. The largest absolute Gasteiger partial charge is 0.540 e. The molecule has 2 saturated carbocycles. The lowest BCUT2D eigenvalue weighted by Gasteiger charge is -2.33. The fraction of sp³-hybridized carbons (Fsp3) is 0.182. The Morgan fingerprint density at radius 2 is 0.712 bits per heavy atom. The second kappa shape index (κ2) is 13.8. The number of rotatable bonds is 7. The molecular weight excluding hydrogens is 783 g/mol. The van der Waals surface area contributed by atoms with E-state index >= 15 is 0 Å². The lowest BCUT2D eigenvalue weighted by molar-refractivity contribution is 0.685. The molecule has 0 radical (unpaired) electrons. The van der Waals surface area contributed by atoms with E-state index in [2.05, 4.69) is 120 Å². The summed E-state index contributed by atoms with van der Waals surface area (Å²) in [5.74, 6) is 0. The van der Waals surface area contributed by atoms with Crippen molar-refractivity contribution in [3.05, 3.63) is 162 Å². The van der Waals surface area contributed by atoms with Crippen LogP contribution in [0.1, 0.15) is 70.9 Å². The fourth-order valence-corrected chi connectivity index (χ4v) is 25.2. The molecule has 8 heteroatoms. The Bertz CT molecular complexity index is 2250. The van der Waals surface area contributed by atoms with Gasteiger partial charge in [-0.05, 0) is 136 Å². The van der Waals surface area contributed by atoms with Crippen molar-refractivity contribution >= 4 is 115 Å². The first kappa shape index (κ1) is 34.3. The first-order valence-electron chi connectivity index (χ1n) is 18.1. The molecular formula is C44H36P2S6. The molecule has 2 fully saturated rings. The van der Waals surface area contributed by atoms with Crippen molar-refractivity contribution in [2.45, 2.75) is 51.4 Å². The maximum atomic E-state index is 7.09. The van der Waals surface area contributed by atoms with E-state index in [0.29, 0.717) is 0 Å². The molecule has 2 aliphatic heterocycles. The highest BCUT2D eigenvalue weighted by Gasteiger charge is 2.50. The number of hydrogen-bond donors (Lipinski definition) is 0. The second-order valence-corrected chi connectivity index (χ2v) is 26.5. The molecule has 2 atom stereocenters. The Labute approximate surface area is 334 Å². The Morgan fingerprint density at radius 3 is 1.06 bits per heavy atom. The summed E-state index contributed by atoms with van der Waals surface area (Å²) < 4.78 is 0. The van der Waals surface area contributed by atoms with Crippen molar-refractivity contribution in [1.29, 1.82) is 0 Å². The number of benzene rings is 2. The zero-order valence-electron chi connectivity index (χ0n) is 28.5. The van der Waals surface area contributed by atoms with Crippen LogP contribution >= 0.6 is 58.3 Å². The molecule has 10 rings (SSSR count). The van der Waals surface area contributed by atoms with Crippen LogP contribution in [0.25, 0.3) is 31.0 Å². The van der Waals surface area contributed by atoms with Crippen molar-refractivity contribution in [1.82, 2.24) is 0 Å². The quantitative estimate of drug-likeness (QED) is 0.116. The average molecular weight is 819 g/mol. The Balaban J connectivity index is 1.09. The molecule has 0 saturated heterocycles. The van der Waals surface area contributed by atoms with Gasteiger partial charge in [-0.2, -0.15) is 0 Å². The van der Waals surface area contributed by atoms with Gasteiger partial charge in [0.05, 0.1) is 30.1 Å². The smallest absolute Gasteiger partial charge is 0.104 e. The van der Waals surface area contributed by atoms with Gasteiger partial charge in [0.2, 0.25) is 0 Å². The molecule has 52 heavy (non-hydrogen) atoms. The molecule has 4 aromatic heterocycles. The van der Waals surface area contributed by atoms with Crippen molar-refractivity contribution in [3.63, 3.8) is 0 Å². The van der Waals surface area contributed by atoms with Crippen molar-refractivity contribution in [2.75, 3.05) is 0 Å². The Morgan fingerprint density at radius 1 is 0.365 bits per heavy atom. The van der Waals surface area contributed by atoms with Gasteiger partial charge in [0.25, 0.3) is 0 Å². The van der Waals surface area contributed by atoms with Crippen LogP contribution in [-0.4, -0.2) is 0 Å². The van der Waals surface area contributed by atoms with Crippen molar-refractivity contribution < 1.29 is 0 Å². The molecule has 0 bridgehead atoms. The summed E-state index contributed by atoms with van der Waals surface area (Å²) in [5, 5.41) is 13.0. The predicted octanol–water partition coefficient (Wildman–Crippen LogP) is 14.6. The number of allylic oxidation sites excluding steroid dienone is 4. The highest BCUT2D eigenvalue weighted by molar-refractivity contribution is 8.54. The molecule has 0 spiro atoms. The van der Waals surface area contributed by atoms with Gasteiger partial charge in [-0.15, -0.1) is 45.3 Å². The minimum Gasteiger partial charge on any atom is -0.540 e. The van der Waals surface area contributed by atoms with Crippen molar-refractivity contribution in [3.8, 4) is 9.75 Å². The topological polar surface area (TPSA) is 0 Å². The van der Waals surface area contributed by atoms with Gasteiger partial charge in [0.1, 0.15) is 21.3 Å². The molecule has 6 aromatic rings. The molecule has 0 N–H and O–H groups in total. The highest BCUT2D eigenvalue weighted by atomic mass is 32.7. The highest BCUT2D eigenvalue weighted by Crippen LogP contribution is 2.84. The van der Waals surface area contributed by atoms with E-state index in [1.807, 2.05) is 45.3 Å². The molecule has 0 nitrogen and oxygen atoms in total. The zero-order chi connectivity index (χ0) is 34.9. The number of fused-ring (bicyclic) bond motifs is 2. The lowest BCUT2D eigenvalue weighted by atomic mass is 9.88. The van der Waals surface area contributed by atoms with Gasteiger partial charge in [0.15, 0.2) is 0 Å². The van der Waals surface area contributed by atoms with Crippen LogP contribution in [0.15, 0.2) is 142 Å². The summed E-state index contributed by atoms with van der Waals surface area (Å²) in [6, 6.07) is 40.8. The van der Waals surface area contributed by atoms with E-state index in [9.17, 15) is 0 Å². The van der Waals surface area contributed by atoms with Gasteiger partial charge >= 0.3 is 0 Å². The molecule has 4 aliphatic rings. The summed E-state index contributed by atoms with van der Waals surface area (Å²) in [7, 11) is 0. The third kappa shape index (κ3) is 5.35. The molecule has 258 valence electrons. The van der Waals surface area contributed by atoms with E-state index in [0.717, 1.165) is 25.7 Å². The van der Waals surface area contributed by atoms with E-state index in [1.165, 1.54) is 86.8 Å². The lowest BCUT2D eigenvalue weighted by Crippen LogP contribution is -2.09. The van der Waals surface area contributed by atoms with Crippen LogP contribution < -0.4 is 10.6 Å². The van der Waals surface area contributed by atoms with E-state index < -0.39 is 12.9 Å². The third-order valence-electron chi connectivity index (χ3n) is 11.0. The first-order valence-corrected chi connectivity index (χ1v) is 27.1. The van der Waals surface area contributed by atoms with E-state index in [-0.39, 0.29) is 0 Å². The van der Waals surface area contributed by atoms with Gasteiger partial charge in [-0.25, -0.2) is 0 Å². The van der Waals surface area contributed by atoms with Crippen LogP contribution in [0.5, 0.6) is 0 Å². The number of thiophene rings is 4. The second-order valence-electron chi connectivity index (χ2n) is 13.9. The van der Waals surface area contributed by atoms with E-state index in [4.69, 9.17) is 24.5 Å². The standard InChI is InChI=1S/C44H36P2S6/c47-45(29-13-3-1-4-14-29)41(37-21-11-27-49-37)31-17-7-9-19-33(31)43(45)39-25-23-35(51-39)36-24-26-40(52-36)44-34-20-10-8-18-32(34)42(38-22-12-28-50-38)46(44,48)30-15-5-2-6-16-30/h1-6,11-16,21-28H,7-10,17-20H2. The average Bonchev–Trinajstić information content (AvgIpc) is 4.04. The Hall–Kier alpha value is -2.24. The van der Waals surface area contributed by atoms with Crippen LogP contribution in [0.3, 0.4) is 0 Å². The van der Waals surface area contributed by atoms with Crippen molar-refractivity contribution in [2.24, 2.45) is 0 Å². The maximum absolute atomic E-state index is 7.09. The van der Waals surface area contributed by atoms with Gasteiger partial charge in [0, 0.05) is 32.0 Å². The minimum atomic E-state index is -2.25. The van der Waals surface area contributed by atoms with Gasteiger partial charge in [-0.1, -0.05) is 48.5 Å². The van der Waals surface area contributed by atoms with Crippen LogP contribution in [-0.2, 0) is 24.5 Å². The SMILES string of the molecule is [S-][P+]1(c2ccccc2)C(c2cccs2)=C2CCCCC2=C1c1ccc(-c2ccc(C3=C4CCCCC4=C(c4cccs4)[P+]3([S-])c3ccccc3)s2)s1. The molecule has 0 amide bonds. The summed E-state index contributed by atoms with van der Waals surface area (Å²) in [6.07, 6.45) is 9.51. The third-order valence-corrected chi connectivity index (χ3v) is 25.9. The molecule has 2 aromatic carbocycles. The molecule has 6 heterocycles. The van der Waals surface area contributed by atoms with Gasteiger partial charge in [-0.3, -0.25) is 0 Å². The molecule has 2 unspecified atom stereocenters. The van der Waals surface area contributed by atoms with Crippen LogP contribution in [0.2, 0.25) is 0 Å². The van der Waals surface area contributed by atoms with Crippen LogP contribution in [0.4, 0.5) is 0 Å².